The summed E-state index contributed by atoms with van der Waals surface area (Å²) >= 11 is 6.37. The van der Waals surface area contributed by atoms with E-state index in [0.717, 1.165) is 31.6 Å². The monoisotopic (exact) mass is 284 g/mol. The highest BCUT2D eigenvalue weighted by molar-refractivity contribution is 6.20. The lowest BCUT2D eigenvalue weighted by Crippen LogP contribution is -2.20. The van der Waals surface area contributed by atoms with Crippen LogP contribution in [0.25, 0.3) is 0 Å². The second kappa shape index (κ2) is 7.65. The summed E-state index contributed by atoms with van der Waals surface area (Å²) in [6.45, 7) is 0.904. The van der Waals surface area contributed by atoms with Crippen LogP contribution in [0, 0.1) is 0 Å². The Morgan fingerprint density at radius 3 is 3.11 bits per heavy atom. The second-order valence-electron chi connectivity index (χ2n) is 4.92. The topological polar surface area (TPSA) is 44.2 Å². The average Bonchev–Trinajstić information content (AvgIpc) is 2.46. The molecule has 0 bridgehead atoms. The molecule has 5 heteroatoms. The highest BCUT2D eigenvalue weighted by atomic mass is 35.5. The van der Waals surface area contributed by atoms with E-state index in [9.17, 15) is 0 Å². The molecular weight excluding hydrogens is 264 g/mol. The van der Waals surface area contributed by atoms with Gasteiger partial charge < -0.3 is 9.47 Å². The molecule has 4 nitrogen and oxygen atoms in total. The van der Waals surface area contributed by atoms with Crippen molar-refractivity contribution in [1.29, 1.82) is 0 Å². The lowest BCUT2D eigenvalue weighted by molar-refractivity contribution is 0.0100. The predicted molar refractivity (Wildman–Crippen MR) is 74.8 cm³/mol. The number of methoxy groups -OCH3 is 1. The molecule has 2 unspecified atom stereocenters. The third-order valence-corrected chi connectivity index (χ3v) is 3.79. The maximum atomic E-state index is 6.37. The zero-order valence-electron chi connectivity index (χ0n) is 11.3. The van der Waals surface area contributed by atoms with Gasteiger partial charge in [0.15, 0.2) is 0 Å². The molecule has 1 aliphatic rings. The van der Waals surface area contributed by atoms with E-state index in [1.54, 1.807) is 7.11 Å². The number of rotatable bonds is 6. The molecule has 1 fully saturated rings. The van der Waals surface area contributed by atoms with E-state index in [4.69, 9.17) is 21.1 Å². The smallest absolute Gasteiger partial charge is 0.216 e. The van der Waals surface area contributed by atoms with Crippen molar-refractivity contribution in [1.82, 2.24) is 9.97 Å². The fourth-order valence-electron chi connectivity index (χ4n) is 2.33. The minimum atomic E-state index is 0.0881. The Bertz CT molecular complexity index is 383. The Labute approximate surface area is 119 Å². The number of hydrogen-bond donors (Lipinski definition) is 0. The minimum absolute atomic E-state index is 0.0881. The first-order valence-electron chi connectivity index (χ1n) is 6.88. The molecule has 0 N–H and O–H groups in total. The van der Waals surface area contributed by atoms with E-state index < -0.39 is 0 Å². The number of hydrogen-bond acceptors (Lipinski definition) is 4. The molecule has 19 heavy (non-hydrogen) atoms. The number of aromatic nitrogens is 2. The molecule has 0 spiro atoms. The quantitative estimate of drug-likeness (QED) is 0.753. The van der Waals surface area contributed by atoms with Gasteiger partial charge in [-0.2, -0.15) is 0 Å². The first-order valence-corrected chi connectivity index (χ1v) is 7.32. The van der Waals surface area contributed by atoms with E-state index in [2.05, 4.69) is 9.97 Å². The number of nitrogens with zero attached hydrogens (tertiary/aromatic N) is 2. The van der Waals surface area contributed by atoms with Crippen LogP contribution in [0.15, 0.2) is 12.4 Å². The molecule has 0 radical (unpaired) electrons. The fraction of sp³-hybridized carbons (Fsp3) is 0.714. The van der Waals surface area contributed by atoms with Crippen molar-refractivity contribution >= 4 is 11.6 Å². The Hall–Kier alpha value is -0.870. The van der Waals surface area contributed by atoms with Crippen LogP contribution in [-0.4, -0.2) is 35.2 Å². The molecule has 1 aromatic heterocycles. The van der Waals surface area contributed by atoms with Crippen LogP contribution in [0.5, 0.6) is 5.88 Å². The molecule has 2 rings (SSSR count). The fourth-order valence-corrected chi connectivity index (χ4v) is 2.62. The summed E-state index contributed by atoms with van der Waals surface area (Å²) in [4.78, 5) is 8.20. The maximum absolute atomic E-state index is 6.37. The summed E-state index contributed by atoms with van der Waals surface area (Å²) in [5.41, 5.74) is 0.927. The van der Waals surface area contributed by atoms with Gasteiger partial charge in [0.1, 0.15) is 6.33 Å². The third kappa shape index (κ3) is 4.96. The summed E-state index contributed by atoms with van der Waals surface area (Å²) in [5, 5.41) is 0.0881. The molecule has 2 atom stereocenters. The molecule has 0 aliphatic carbocycles. The van der Waals surface area contributed by atoms with Gasteiger partial charge in [0.25, 0.3) is 0 Å². The van der Waals surface area contributed by atoms with E-state index in [1.807, 2.05) is 6.07 Å². The maximum Gasteiger partial charge on any atom is 0.216 e. The third-order valence-electron chi connectivity index (χ3n) is 3.41. The van der Waals surface area contributed by atoms with Crippen molar-refractivity contribution in [2.75, 3.05) is 13.7 Å². The van der Waals surface area contributed by atoms with E-state index in [0.29, 0.717) is 12.0 Å². The summed E-state index contributed by atoms with van der Waals surface area (Å²) in [7, 11) is 1.60. The lowest BCUT2D eigenvalue weighted by Gasteiger charge is -2.23. The number of ether oxygens (including phenoxy) is 2. The number of halogens is 1. The number of alkyl halides is 1. The first-order chi connectivity index (χ1) is 9.28. The summed E-state index contributed by atoms with van der Waals surface area (Å²) in [6.07, 6.45) is 8.30. The molecule has 0 aromatic carbocycles. The molecule has 2 heterocycles. The molecule has 1 saturated heterocycles. The van der Waals surface area contributed by atoms with Gasteiger partial charge in [-0.25, -0.2) is 9.97 Å². The van der Waals surface area contributed by atoms with Crippen LogP contribution < -0.4 is 4.74 Å². The Balaban J connectivity index is 1.75. The van der Waals surface area contributed by atoms with Crippen LogP contribution in [0.4, 0.5) is 0 Å². The van der Waals surface area contributed by atoms with Crippen LogP contribution in [0.3, 0.4) is 0 Å². The summed E-state index contributed by atoms with van der Waals surface area (Å²) in [5.74, 6) is 0.587. The highest BCUT2D eigenvalue weighted by Gasteiger charge is 2.16. The standard InChI is InChI=1S/C14H21ClN2O2/c1-18-14-9-12(16-10-17-14)8-11(15)5-6-13-4-2-3-7-19-13/h9-11,13H,2-8H2,1H3. The largest absolute Gasteiger partial charge is 0.481 e. The van der Waals surface area contributed by atoms with Crippen LogP contribution in [0.2, 0.25) is 0 Å². The molecular formula is C14H21ClN2O2. The molecule has 106 valence electrons. The van der Waals surface area contributed by atoms with Gasteiger partial charge in [-0.3, -0.25) is 0 Å². The predicted octanol–water partition coefficient (Wildman–Crippen LogP) is 2.98. The lowest BCUT2D eigenvalue weighted by atomic mass is 10.0. The Kier molecular flexibility index (Phi) is 5.86. The van der Waals surface area contributed by atoms with Crippen LogP contribution >= 0.6 is 11.6 Å². The molecule has 0 saturated carbocycles. The summed E-state index contributed by atoms with van der Waals surface area (Å²) in [6, 6.07) is 1.84. The SMILES string of the molecule is COc1cc(CC(Cl)CCC2CCCCO2)ncn1. The zero-order valence-corrected chi connectivity index (χ0v) is 12.1. The van der Waals surface area contributed by atoms with E-state index in [-0.39, 0.29) is 5.38 Å². The Morgan fingerprint density at radius 1 is 1.47 bits per heavy atom. The first kappa shape index (κ1) is 14.5. The van der Waals surface area contributed by atoms with Crippen molar-refractivity contribution in [2.45, 2.75) is 50.0 Å². The van der Waals surface area contributed by atoms with E-state index in [1.165, 1.54) is 25.6 Å². The molecule has 1 aromatic rings. The van der Waals surface area contributed by atoms with Gasteiger partial charge in [-0.05, 0) is 32.1 Å². The highest BCUT2D eigenvalue weighted by Crippen LogP contribution is 2.21. The van der Waals surface area contributed by atoms with Gasteiger partial charge >= 0.3 is 0 Å². The normalized spacial score (nSPS) is 21.1. The van der Waals surface area contributed by atoms with Gasteiger partial charge in [0.2, 0.25) is 5.88 Å². The second-order valence-corrected chi connectivity index (χ2v) is 5.54. The zero-order chi connectivity index (χ0) is 13.5. The van der Waals surface area contributed by atoms with Crippen LogP contribution in [-0.2, 0) is 11.2 Å². The summed E-state index contributed by atoms with van der Waals surface area (Å²) < 4.78 is 10.8. The van der Waals surface area contributed by atoms with Gasteiger partial charge in [-0.15, -0.1) is 11.6 Å². The van der Waals surface area contributed by atoms with Crippen molar-refractivity contribution < 1.29 is 9.47 Å². The van der Waals surface area contributed by atoms with Crippen LogP contribution in [0.1, 0.15) is 37.8 Å². The minimum Gasteiger partial charge on any atom is -0.481 e. The van der Waals surface area contributed by atoms with Gasteiger partial charge in [0.05, 0.1) is 13.2 Å². The van der Waals surface area contributed by atoms with Crippen molar-refractivity contribution in [3.8, 4) is 5.88 Å². The Morgan fingerprint density at radius 2 is 2.37 bits per heavy atom. The van der Waals surface area contributed by atoms with E-state index >= 15 is 0 Å². The van der Waals surface area contributed by atoms with Crippen molar-refractivity contribution in [3.05, 3.63) is 18.1 Å². The molecule has 1 aliphatic heterocycles. The van der Waals surface area contributed by atoms with Crippen molar-refractivity contribution in [2.24, 2.45) is 0 Å². The van der Waals surface area contributed by atoms with Crippen molar-refractivity contribution in [3.63, 3.8) is 0 Å². The van der Waals surface area contributed by atoms with Gasteiger partial charge in [-0.1, -0.05) is 0 Å². The average molecular weight is 285 g/mol. The molecule has 0 amide bonds. The van der Waals surface area contributed by atoms with Gasteiger partial charge in [0, 0.05) is 30.2 Å².